The van der Waals surface area contributed by atoms with Crippen LogP contribution in [0.15, 0.2) is 16.6 Å². The number of aliphatic hydroxyl groups excluding tert-OH is 2. The van der Waals surface area contributed by atoms with E-state index < -0.39 is 18.2 Å². The van der Waals surface area contributed by atoms with E-state index in [9.17, 15) is 15.0 Å². The number of rotatable bonds is 5. The largest absolute Gasteiger partial charge is 0.493 e. The van der Waals surface area contributed by atoms with E-state index in [-0.39, 0.29) is 5.56 Å². The van der Waals surface area contributed by atoms with Crippen LogP contribution >= 0.6 is 15.9 Å². The van der Waals surface area contributed by atoms with Gasteiger partial charge >= 0.3 is 5.97 Å². The van der Waals surface area contributed by atoms with E-state index in [4.69, 9.17) is 14.6 Å². The van der Waals surface area contributed by atoms with E-state index >= 15 is 0 Å². The van der Waals surface area contributed by atoms with Crippen molar-refractivity contribution in [2.45, 2.75) is 12.2 Å². The molecule has 0 heterocycles. The molecule has 2 atom stereocenters. The topological polar surface area (TPSA) is 96.2 Å². The Morgan fingerprint density at radius 2 is 1.72 bits per heavy atom. The average molecular weight is 321 g/mol. The van der Waals surface area contributed by atoms with Gasteiger partial charge < -0.3 is 24.8 Å². The van der Waals surface area contributed by atoms with Crippen molar-refractivity contribution in [1.82, 2.24) is 0 Å². The van der Waals surface area contributed by atoms with Gasteiger partial charge in [-0.05, 0) is 12.1 Å². The minimum atomic E-state index is -1.92. The van der Waals surface area contributed by atoms with E-state index in [1.807, 2.05) is 0 Å². The lowest BCUT2D eigenvalue weighted by molar-refractivity contribution is -0.153. The van der Waals surface area contributed by atoms with Crippen molar-refractivity contribution in [3.05, 3.63) is 22.2 Å². The zero-order valence-electron chi connectivity index (χ0n) is 9.75. The van der Waals surface area contributed by atoms with Crippen molar-refractivity contribution in [2.24, 2.45) is 0 Å². The molecule has 0 aromatic heterocycles. The fraction of sp³-hybridized carbons (Fsp3) is 0.364. The predicted molar refractivity (Wildman–Crippen MR) is 65.8 cm³/mol. The first-order valence-corrected chi connectivity index (χ1v) is 5.72. The van der Waals surface area contributed by atoms with Crippen molar-refractivity contribution in [3.63, 3.8) is 0 Å². The van der Waals surface area contributed by atoms with E-state index in [0.717, 1.165) is 0 Å². The summed E-state index contributed by atoms with van der Waals surface area (Å²) in [5.74, 6) is -0.762. The Morgan fingerprint density at radius 3 is 2.17 bits per heavy atom. The molecule has 3 N–H and O–H groups in total. The van der Waals surface area contributed by atoms with Crippen LogP contribution in [-0.2, 0) is 4.79 Å². The van der Waals surface area contributed by atoms with Crippen LogP contribution in [0.3, 0.4) is 0 Å². The van der Waals surface area contributed by atoms with Gasteiger partial charge in [-0.2, -0.15) is 0 Å². The highest BCUT2D eigenvalue weighted by molar-refractivity contribution is 9.10. The van der Waals surface area contributed by atoms with Gasteiger partial charge in [-0.25, -0.2) is 4.79 Å². The molecule has 1 aromatic carbocycles. The lowest BCUT2D eigenvalue weighted by Crippen LogP contribution is -2.27. The number of aliphatic carboxylic acids is 1. The maximum atomic E-state index is 10.6. The molecule has 18 heavy (non-hydrogen) atoms. The molecule has 2 unspecified atom stereocenters. The number of hydrogen-bond donors (Lipinski definition) is 3. The molecule has 0 amide bonds. The molecule has 0 aliphatic heterocycles. The Morgan fingerprint density at radius 1 is 1.22 bits per heavy atom. The van der Waals surface area contributed by atoms with Crippen LogP contribution < -0.4 is 9.47 Å². The number of methoxy groups -OCH3 is 2. The second-order valence-electron chi connectivity index (χ2n) is 3.46. The van der Waals surface area contributed by atoms with Crippen molar-refractivity contribution in [3.8, 4) is 11.5 Å². The monoisotopic (exact) mass is 320 g/mol. The minimum Gasteiger partial charge on any atom is -0.493 e. The molecule has 0 fully saturated rings. The SMILES string of the molecule is COc1cc(Br)c(C(O)C(O)C(=O)O)cc1OC. The number of halogens is 1. The van der Waals surface area contributed by atoms with Crippen molar-refractivity contribution < 1.29 is 29.6 Å². The van der Waals surface area contributed by atoms with Gasteiger partial charge in [-0.15, -0.1) is 0 Å². The first-order chi connectivity index (χ1) is 8.42. The smallest absolute Gasteiger partial charge is 0.335 e. The second kappa shape index (κ2) is 6.03. The number of carboxylic acids is 1. The molecule has 0 bridgehead atoms. The number of aliphatic hydroxyl groups is 2. The lowest BCUT2D eigenvalue weighted by atomic mass is 10.0. The second-order valence-corrected chi connectivity index (χ2v) is 4.31. The normalized spacial score (nSPS) is 13.8. The van der Waals surface area contributed by atoms with Crippen molar-refractivity contribution in [2.75, 3.05) is 14.2 Å². The van der Waals surface area contributed by atoms with Crippen LogP contribution in [0.5, 0.6) is 11.5 Å². The summed E-state index contributed by atoms with van der Waals surface area (Å²) in [6.45, 7) is 0. The van der Waals surface area contributed by atoms with Crippen LogP contribution in [0.4, 0.5) is 0 Å². The summed E-state index contributed by atoms with van der Waals surface area (Å²) in [6, 6.07) is 2.92. The van der Waals surface area contributed by atoms with Crippen LogP contribution in [0, 0.1) is 0 Å². The third kappa shape index (κ3) is 2.92. The minimum absolute atomic E-state index is 0.197. The molecule has 1 rings (SSSR count). The summed E-state index contributed by atoms with van der Waals surface area (Å²) in [5.41, 5.74) is 0.197. The van der Waals surface area contributed by atoms with E-state index in [1.54, 1.807) is 0 Å². The molecule has 1 aromatic rings. The van der Waals surface area contributed by atoms with Crippen molar-refractivity contribution in [1.29, 1.82) is 0 Å². The highest BCUT2D eigenvalue weighted by atomic mass is 79.9. The standard InChI is InChI=1S/C11H13BrO6/c1-17-7-3-5(6(12)4-8(7)18-2)9(13)10(14)11(15)16/h3-4,9-10,13-14H,1-2H3,(H,15,16). The fourth-order valence-corrected chi connectivity index (χ4v) is 1.96. The van der Waals surface area contributed by atoms with Gasteiger partial charge in [0.2, 0.25) is 0 Å². The van der Waals surface area contributed by atoms with Gasteiger partial charge in [0.1, 0.15) is 6.10 Å². The van der Waals surface area contributed by atoms with E-state index in [1.165, 1.54) is 26.4 Å². The fourth-order valence-electron chi connectivity index (χ4n) is 1.40. The number of ether oxygens (including phenoxy) is 2. The van der Waals surface area contributed by atoms with Gasteiger partial charge in [0, 0.05) is 10.0 Å². The molecule has 0 aliphatic rings. The Bertz CT molecular complexity index is 447. The molecule has 100 valence electrons. The quantitative estimate of drug-likeness (QED) is 0.747. The highest BCUT2D eigenvalue weighted by Crippen LogP contribution is 2.36. The molecule has 0 saturated heterocycles. The predicted octanol–water partition coefficient (Wildman–Crippen LogP) is 0.945. The van der Waals surface area contributed by atoms with Gasteiger partial charge in [-0.1, -0.05) is 15.9 Å². The summed E-state index contributed by atoms with van der Waals surface area (Å²) in [5, 5.41) is 27.7. The molecule has 0 spiro atoms. The molecule has 0 saturated carbocycles. The summed E-state index contributed by atoms with van der Waals surface area (Å²) in [7, 11) is 2.86. The first kappa shape index (κ1) is 14.7. The van der Waals surface area contributed by atoms with E-state index in [2.05, 4.69) is 15.9 Å². The molecular formula is C11H13BrO6. The summed E-state index contributed by atoms with van der Waals surface area (Å²) >= 11 is 3.17. The van der Waals surface area contributed by atoms with Gasteiger partial charge in [-0.3, -0.25) is 0 Å². The zero-order valence-corrected chi connectivity index (χ0v) is 11.3. The average Bonchev–Trinajstić information content (AvgIpc) is 2.36. The Labute approximate surface area is 112 Å². The molecule has 7 heteroatoms. The Kier molecular flexibility index (Phi) is 4.94. The molecular weight excluding hydrogens is 308 g/mol. The van der Waals surface area contributed by atoms with Crippen LogP contribution in [0.1, 0.15) is 11.7 Å². The summed E-state index contributed by atoms with van der Waals surface area (Å²) < 4.78 is 10.5. The lowest BCUT2D eigenvalue weighted by Gasteiger charge is -2.18. The zero-order chi connectivity index (χ0) is 13.9. The molecule has 6 nitrogen and oxygen atoms in total. The molecule has 0 radical (unpaired) electrons. The third-order valence-corrected chi connectivity index (χ3v) is 3.06. The van der Waals surface area contributed by atoms with Crippen molar-refractivity contribution >= 4 is 21.9 Å². The molecule has 0 aliphatic carbocycles. The van der Waals surface area contributed by atoms with Crippen LogP contribution in [0.2, 0.25) is 0 Å². The number of carbonyl (C=O) groups is 1. The Hall–Kier alpha value is -1.31. The Balaban J connectivity index is 3.20. The number of benzene rings is 1. The highest BCUT2D eigenvalue weighted by Gasteiger charge is 2.28. The number of hydrogen-bond acceptors (Lipinski definition) is 5. The first-order valence-electron chi connectivity index (χ1n) is 4.92. The van der Waals surface area contributed by atoms with Crippen LogP contribution in [0.25, 0.3) is 0 Å². The van der Waals surface area contributed by atoms with Crippen LogP contribution in [-0.4, -0.2) is 41.6 Å². The summed E-state index contributed by atoms with van der Waals surface area (Å²) in [4.78, 5) is 10.6. The summed E-state index contributed by atoms with van der Waals surface area (Å²) in [6.07, 6.45) is -3.49. The number of carboxylic acid groups (broad SMARTS) is 1. The van der Waals surface area contributed by atoms with E-state index in [0.29, 0.717) is 16.0 Å². The maximum Gasteiger partial charge on any atom is 0.335 e. The third-order valence-electron chi connectivity index (χ3n) is 2.37. The van der Waals surface area contributed by atoms with Gasteiger partial charge in [0.05, 0.1) is 14.2 Å². The maximum absolute atomic E-state index is 10.6. The van der Waals surface area contributed by atoms with Gasteiger partial charge in [0.25, 0.3) is 0 Å². The van der Waals surface area contributed by atoms with Gasteiger partial charge in [0.15, 0.2) is 17.6 Å².